The molecule has 0 radical (unpaired) electrons. The summed E-state index contributed by atoms with van der Waals surface area (Å²) in [6.45, 7) is 2.65. The van der Waals surface area contributed by atoms with Crippen LogP contribution in [-0.4, -0.2) is 34.3 Å². The molecule has 0 atom stereocenters. The van der Waals surface area contributed by atoms with E-state index in [0.29, 0.717) is 24.0 Å². The molecule has 0 aliphatic carbocycles. The first kappa shape index (κ1) is 19.9. The van der Waals surface area contributed by atoms with E-state index in [0.717, 1.165) is 17.7 Å². The average Bonchev–Trinajstić information content (AvgIpc) is 2.69. The predicted molar refractivity (Wildman–Crippen MR) is 106 cm³/mol. The molecule has 3 aromatic rings. The number of hydrogen-bond donors (Lipinski definition) is 4. The van der Waals surface area contributed by atoms with Crippen LogP contribution < -0.4 is 21.3 Å². The maximum atomic E-state index is 13.1. The van der Waals surface area contributed by atoms with Crippen LogP contribution in [0, 0.1) is 18.6 Å². The van der Waals surface area contributed by atoms with Gasteiger partial charge in [-0.05, 0) is 48.9 Å². The number of benzene rings is 1. The smallest absolute Gasteiger partial charge is 0.319 e. The van der Waals surface area contributed by atoms with Gasteiger partial charge in [0.25, 0.3) is 0 Å². The van der Waals surface area contributed by atoms with Crippen LogP contribution in [0.1, 0.15) is 5.56 Å². The maximum absolute atomic E-state index is 13.1. The monoisotopic (exact) mass is 399 g/mol. The van der Waals surface area contributed by atoms with Crippen LogP contribution in [0.25, 0.3) is 0 Å². The fourth-order valence-corrected chi connectivity index (χ4v) is 2.34. The Morgan fingerprint density at radius 3 is 2.45 bits per heavy atom. The van der Waals surface area contributed by atoms with E-state index in [-0.39, 0.29) is 12.2 Å². The van der Waals surface area contributed by atoms with E-state index in [1.54, 1.807) is 18.3 Å². The maximum Gasteiger partial charge on any atom is 0.319 e. The molecule has 4 N–H and O–H groups in total. The molecule has 1 aromatic carbocycles. The number of nitrogens with zero attached hydrogens (tertiary/aromatic N) is 3. The second-order valence-electron chi connectivity index (χ2n) is 6.08. The molecule has 2 heterocycles. The minimum absolute atomic E-state index is 0.159. The van der Waals surface area contributed by atoms with Crippen LogP contribution in [-0.2, 0) is 0 Å². The minimum Gasteiger partial charge on any atom is -0.367 e. The number of nitrogens with one attached hydrogen (secondary N) is 4. The van der Waals surface area contributed by atoms with Gasteiger partial charge in [-0.25, -0.2) is 18.6 Å². The first-order valence-electron chi connectivity index (χ1n) is 8.77. The van der Waals surface area contributed by atoms with Crippen LogP contribution in [0.4, 0.5) is 36.7 Å². The second kappa shape index (κ2) is 9.40. The number of amides is 2. The van der Waals surface area contributed by atoms with Gasteiger partial charge in [0.1, 0.15) is 11.6 Å². The minimum atomic E-state index is -1.03. The predicted octanol–water partition coefficient (Wildman–Crippen LogP) is 3.44. The lowest BCUT2D eigenvalue weighted by Crippen LogP contribution is -2.32. The summed E-state index contributed by atoms with van der Waals surface area (Å²) in [4.78, 5) is 15.9. The molecule has 8 nitrogen and oxygen atoms in total. The Labute approximate surface area is 165 Å². The SMILES string of the molecule is Cc1ccnc(Nc2ccc(NCCNC(=O)Nc3ccc(F)c(F)c3)nn2)c1. The Morgan fingerprint density at radius 1 is 0.931 bits per heavy atom. The number of pyridine rings is 1. The van der Waals surface area contributed by atoms with Crippen molar-refractivity contribution in [2.24, 2.45) is 0 Å². The lowest BCUT2D eigenvalue weighted by atomic mass is 10.3. The van der Waals surface area contributed by atoms with Crippen LogP contribution >= 0.6 is 0 Å². The van der Waals surface area contributed by atoms with Crippen LogP contribution in [0.5, 0.6) is 0 Å². The molecule has 10 heteroatoms. The molecule has 0 aliphatic rings. The van der Waals surface area contributed by atoms with Crippen LogP contribution in [0.15, 0.2) is 48.7 Å². The van der Waals surface area contributed by atoms with Crippen molar-refractivity contribution in [3.63, 3.8) is 0 Å². The van der Waals surface area contributed by atoms with Crippen molar-refractivity contribution < 1.29 is 13.6 Å². The van der Waals surface area contributed by atoms with E-state index in [9.17, 15) is 13.6 Å². The van der Waals surface area contributed by atoms with Crippen molar-refractivity contribution in [2.45, 2.75) is 6.92 Å². The number of carbonyl (C=O) groups is 1. The zero-order valence-electron chi connectivity index (χ0n) is 15.5. The molecule has 150 valence electrons. The van der Waals surface area contributed by atoms with E-state index < -0.39 is 17.7 Å². The number of rotatable bonds is 7. The van der Waals surface area contributed by atoms with Gasteiger partial charge in [0.2, 0.25) is 0 Å². The molecular formula is C19H19F2N7O. The molecular weight excluding hydrogens is 380 g/mol. The molecule has 2 amide bonds. The van der Waals surface area contributed by atoms with Crippen molar-refractivity contribution in [3.05, 3.63) is 65.9 Å². The number of anilines is 4. The number of aromatic nitrogens is 3. The third-order valence-electron chi connectivity index (χ3n) is 3.73. The summed E-state index contributed by atoms with van der Waals surface area (Å²) in [5.41, 5.74) is 1.24. The highest BCUT2D eigenvalue weighted by Crippen LogP contribution is 2.14. The largest absolute Gasteiger partial charge is 0.367 e. The van der Waals surface area contributed by atoms with Crippen molar-refractivity contribution in [2.75, 3.05) is 29.0 Å². The van der Waals surface area contributed by atoms with Gasteiger partial charge in [0.05, 0.1) is 0 Å². The van der Waals surface area contributed by atoms with Crippen molar-refractivity contribution in [3.8, 4) is 0 Å². The van der Waals surface area contributed by atoms with Crippen molar-refractivity contribution in [1.82, 2.24) is 20.5 Å². The zero-order valence-corrected chi connectivity index (χ0v) is 15.5. The number of urea groups is 1. The van der Waals surface area contributed by atoms with Gasteiger partial charge in [0.15, 0.2) is 17.5 Å². The van der Waals surface area contributed by atoms with E-state index in [1.807, 2.05) is 19.1 Å². The number of halogens is 2. The Kier molecular flexibility index (Phi) is 6.46. The van der Waals surface area contributed by atoms with E-state index >= 15 is 0 Å². The van der Waals surface area contributed by atoms with Crippen LogP contribution in [0.2, 0.25) is 0 Å². The summed E-state index contributed by atoms with van der Waals surface area (Å²) in [6.07, 6.45) is 1.71. The molecule has 0 unspecified atom stereocenters. The topological polar surface area (TPSA) is 104 Å². The molecule has 2 aromatic heterocycles. The summed E-state index contributed by atoms with van der Waals surface area (Å²) in [7, 11) is 0. The Hall–Kier alpha value is -3.82. The summed E-state index contributed by atoms with van der Waals surface area (Å²) in [5.74, 6) is -0.235. The molecule has 0 aliphatic heterocycles. The summed E-state index contributed by atoms with van der Waals surface area (Å²) in [6, 6.07) is 9.88. The van der Waals surface area contributed by atoms with Crippen molar-refractivity contribution in [1.29, 1.82) is 0 Å². The highest BCUT2D eigenvalue weighted by molar-refractivity contribution is 5.89. The van der Waals surface area contributed by atoms with Gasteiger partial charge >= 0.3 is 6.03 Å². The first-order valence-corrected chi connectivity index (χ1v) is 8.77. The van der Waals surface area contributed by atoms with Gasteiger partial charge in [-0.3, -0.25) is 0 Å². The molecule has 29 heavy (non-hydrogen) atoms. The fourth-order valence-electron chi connectivity index (χ4n) is 2.34. The molecule has 0 saturated heterocycles. The van der Waals surface area contributed by atoms with Gasteiger partial charge in [0, 0.05) is 31.0 Å². The van der Waals surface area contributed by atoms with E-state index in [4.69, 9.17) is 0 Å². The summed E-state index contributed by atoms with van der Waals surface area (Å²) < 4.78 is 26.0. The van der Waals surface area contributed by atoms with E-state index in [1.165, 1.54) is 6.07 Å². The standard InChI is InChI=1S/C19H19F2N7O/c1-12-6-7-22-18(10-12)26-17-5-4-16(27-28-17)23-8-9-24-19(29)25-13-2-3-14(20)15(21)11-13/h2-7,10-11H,8-9H2,1H3,(H,23,27)(H,22,26,28)(H2,24,25,29). The Balaban J connectivity index is 1.40. The summed E-state index contributed by atoms with van der Waals surface area (Å²) in [5, 5.41) is 19.2. The number of aryl methyl sites for hydroxylation is 1. The number of hydrogen-bond acceptors (Lipinski definition) is 6. The normalized spacial score (nSPS) is 10.3. The highest BCUT2D eigenvalue weighted by Gasteiger charge is 2.06. The Bertz CT molecular complexity index is 983. The molecule has 0 saturated carbocycles. The van der Waals surface area contributed by atoms with Gasteiger partial charge in [-0.2, -0.15) is 0 Å². The van der Waals surface area contributed by atoms with Gasteiger partial charge in [-0.15, -0.1) is 10.2 Å². The van der Waals surface area contributed by atoms with Gasteiger partial charge < -0.3 is 21.3 Å². The van der Waals surface area contributed by atoms with Crippen molar-refractivity contribution >= 4 is 29.2 Å². The third-order valence-corrected chi connectivity index (χ3v) is 3.73. The number of carbonyl (C=O) groups excluding carboxylic acids is 1. The molecule has 0 spiro atoms. The molecule has 0 bridgehead atoms. The molecule has 0 fully saturated rings. The Morgan fingerprint density at radius 2 is 1.72 bits per heavy atom. The fraction of sp³-hybridized carbons (Fsp3) is 0.158. The molecule has 3 rings (SSSR count). The van der Waals surface area contributed by atoms with E-state index in [2.05, 4.69) is 36.4 Å². The highest BCUT2D eigenvalue weighted by atomic mass is 19.2. The zero-order chi connectivity index (χ0) is 20.6. The quantitative estimate of drug-likeness (QED) is 0.454. The second-order valence-corrected chi connectivity index (χ2v) is 6.08. The average molecular weight is 399 g/mol. The van der Waals surface area contributed by atoms with Crippen LogP contribution in [0.3, 0.4) is 0 Å². The lowest BCUT2D eigenvalue weighted by molar-refractivity contribution is 0.252. The van der Waals surface area contributed by atoms with Gasteiger partial charge in [-0.1, -0.05) is 0 Å². The third kappa shape index (κ3) is 6.09. The first-order chi connectivity index (χ1) is 14.0. The lowest BCUT2D eigenvalue weighted by Gasteiger charge is -2.09. The summed E-state index contributed by atoms with van der Waals surface area (Å²) >= 11 is 0.